The molecule has 0 fully saturated rings. The van der Waals surface area contributed by atoms with E-state index < -0.39 is 6.10 Å². The molecule has 0 aliphatic carbocycles. The highest BCUT2D eigenvalue weighted by Gasteiger charge is 2.16. The first-order valence-electron chi connectivity index (χ1n) is 26.6. The monoisotopic (exact) mass is 821 g/mol. The Balaban J connectivity index is 3.32. The molecule has 0 spiro atoms. The first-order valence-corrected chi connectivity index (χ1v) is 26.6. The number of ether oxygens (including phenoxy) is 2. The summed E-state index contributed by atoms with van der Waals surface area (Å²) >= 11 is 0. The average Bonchev–Trinajstić information content (AvgIpc) is 3.23. The van der Waals surface area contributed by atoms with E-state index >= 15 is 0 Å². The van der Waals surface area contributed by atoms with Crippen LogP contribution in [0.2, 0.25) is 0 Å². The number of hydrogen-bond donors (Lipinski definition) is 1. The summed E-state index contributed by atoms with van der Waals surface area (Å²) in [5, 5.41) is 9.58. The fourth-order valence-corrected chi connectivity index (χ4v) is 8.38. The number of unbranched alkanes of at least 4 members (excludes halogenated alkanes) is 42. The normalized spacial score (nSPS) is 12.0. The molecule has 0 saturated heterocycles. The van der Waals surface area contributed by atoms with Gasteiger partial charge in [-0.15, -0.1) is 0 Å². The van der Waals surface area contributed by atoms with E-state index in [1.54, 1.807) is 0 Å². The van der Waals surface area contributed by atoms with Gasteiger partial charge >= 0.3 is 11.9 Å². The van der Waals surface area contributed by atoms with Gasteiger partial charge in [0.25, 0.3) is 0 Å². The quantitative estimate of drug-likeness (QED) is 0.0489. The molecule has 1 N–H and O–H groups in total. The van der Waals surface area contributed by atoms with Crippen LogP contribution in [0.15, 0.2) is 0 Å². The average molecular weight is 821 g/mol. The Kier molecular flexibility index (Phi) is 49.3. The van der Waals surface area contributed by atoms with Crippen molar-refractivity contribution in [2.45, 2.75) is 315 Å². The zero-order valence-corrected chi connectivity index (χ0v) is 39.6. The van der Waals surface area contributed by atoms with Gasteiger partial charge in [-0.3, -0.25) is 9.59 Å². The second-order valence-corrected chi connectivity index (χ2v) is 18.3. The molecule has 0 rings (SSSR count). The minimum Gasteiger partial charge on any atom is -0.462 e. The topological polar surface area (TPSA) is 72.8 Å². The van der Waals surface area contributed by atoms with Crippen molar-refractivity contribution < 1.29 is 24.2 Å². The minimum absolute atomic E-state index is 0.0570. The van der Waals surface area contributed by atoms with Gasteiger partial charge in [0, 0.05) is 12.8 Å². The Morgan fingerprint density at radius 2 is 0.534 bits per heavy atom. The van der Waals surface area contributed by atoms with Gasteiger partial charge in [-0.25, -0.2) is 0 Å². The van der Waals surface area contributed by atoms with Gasteiger partial charge < -0.3 is 14.6 Å². The van der Waals surface area contributed by atoms with E-state index in [0.29, 0.717) is 12.8 Å². The van der Waals surface area contributed by atoms with Gasteiger partial charge in [-0.2, -0.15) is 0 Å². The van der Waals surface area contributed by atoms with Gasteiger partial charge in [-0.1, -0.05) is 284 Å². The van der Waals surface area contributed by atoms with Crippen LogP contribution in [-0.2, 0) is 19.1 Å². The second kappa shape index (κ2) is 50.3. The summed E-state index contributed by atoms with van der Waals surface area (Å²) in [6, 6.07) is 0. The summed E-state index contributed by atoms with van der Waals surface area (Å²) in [5.74, 6) is -0.573. The smallest absolute Gasteiger partial charge is 0.306 e. The Hall–Kier alpha value is -1.10. The maximum atomic E-state index is 12.2. The standard InChI is InChI=1S/C53H104O5/c1-3-5-7-9-11-13-15-16-17-18-19-20-21-22-23-24-25-26-27-28-29-30-31-32-33-34-35-36-37-38-40-42-44-46-48-53(56)58-51(49-54)50-57-52(55)47-45-43-41-39-14-12-10-8-6-4-2/h51,54H,3-50H2,1-2H3. The van der Waals surface area contributed by atoms with E-state index in [2.05, 4.69) is 13.8 Å². The second-order valence-electron chi connectivity index (χ2n) is 18.3. The van der Waals surface area contributed by atoms with Crippen LogP contribution in [0.25, 0.3) is 0 Å². The van der Waals surface area contributed by atoms with Gasteiger partial charge in [-0.05, 0) is 12.8 Å². The van der Waals surface area contributed by atoms with Crippen molar-refractivity contribution in [1.82, 2.24) is 0 Å². The van der Waals surface area contributed by atoms with E-state index in [0.717, 1.165) is 38.5 Å². The lowest BCUT2D eigenvalue weighted by Gasteiger charge is -2.15. The highest BCUT2D eigenvalue weighted by Crippen LogP contribution is 2.18. The van der Waals surface area contributed by atoms with Crippen LogP contribution in [-0.4, -0.2) is 36.4 Å². The summed E-state index contributed by atoms with van der Waals surface area (Å²) in [5.41, 5.74) is 0. The van der Waals surface area contributed by atoms with Crippen molar-refractivity contribution in [3.63, 3.8) is 0 Å². The van der Waals surface area contributed by atoms with Gasteiger partial charge in [0.05, 0.1) is 6.61 Å². The van der Waals surface area contributed by atoms with Crippen LogP contribution in [0.3, 0.4) is 0 Å². The maximum absolute atomic E-state index is 12.2. The molecule has 0 aliphatic heterocycles. The van der Waals surface area contributed by atoms with E-state index in [1.165, 1.54) is 244 Å². The summed E-state index contributed by atoms with van der Waals surface area (Å²) in [6.45, 7) is 4.17. The highest BCUT2D eigenvalue weighted by molar-refractivity contribution is 5.70. The SMILES string of the molecule is CCCCCCCCCCCCCCCCCCCCCCCCCCCCCCCCCCCCC(=O)OC(CO)COC(=O)CCCCCCCCCCCC. The predicted molar refractivity (Wildman–Crippen MR) is 252 cm³/mol. The summed E-state index contributed by atoms with van der Waals surface area (Å²) in [4.78, 5) is 24.3. The Labute approximate surface area is 363 Å². The van der Waals surface area contributed by atoms with E-state index in [-0.39, 0.29) is 25.2 Å². The number of hydrogen-bond acceptors (Lipinski definition) is 5. The predicted octanol–water partition coefficient (Wildman–Crippen LogP) is 17.4. The van der Waals surface area contributed by atoms with Crippen LogP contribution in [0.1, 0.15) is 309 Å². The van der Waals surface area contributed by atoms with Crippen LogP contribution in [0.4, 0.5) is 0 Å². The molecule has 0 amide bonds. The summed E-state index contributed by atoms with van der Waals surface area (Å²) < 4.78 is 10.6. The Morgan fingerprint density at radius 3 is 0.759 bits per heavy atom. The summed E-state index contributed by atoms with van der Waals surface area (Å²) in [7, 11) is 0. The third-order valence-corrected chi connectivity index (χ3v) is 12.4. The fourth-order valence-electron chi connectivity index (χ4n) is 8.38. The van der Waals surface area contributed by atoms with Crippen molar-refractivity contribution in [2.24, 2.45) is 0 Å². The Bertz CT molecular complexity index is 799. The zero-order chi connectivity index (χ0) is 42.1. The summed E-state index contributed by atoms with van der Waals surface area (Å²) in [6.07, 6.45) is 59.6. The number of esters is 2. The number of rotatable bonds is 50. The number of aliphatic hydroxyl groups excluding tert-OH is 1. The van der Waals surface area contributed by atoms with E-state index in [4.69, 9.17) is 9.47 Å². The fraction of sp³-hybridized carbons (Fsp3) is 0.962. The minimum atomic E-state index is -0.762. The molecule has 0 aromatic carbocycles. The van der Waals surface area contributed by atoms with Crippen molar-refractivity contribution in [3.8, 4) is 0 Å². The molecule has 0 aromatic rings. The molecule has 1 atom stereocenters. The lowest BCUT2D eigenvalue weighted by Crippen LogP contribution is -2.28. The molecular formula is C53H104O5. The molecule has 0 heterocycles. The number of carbonyl (C=O) groups excluding carboxylic acids is 2. The van der Waals surface area contributed by atoms with Gasteiger partial charge in [0.15, 0.2) is 6.10 Å². The molecule has 0 saturated carbocycles. The van der Waals surface area contributed by atoms with Crippen LogP contribution in [0, 0.1) is 0 Å². The number of aliphatic hydroxyl groups is 1. The highest BCUT2D eigenvalue weighted by atomic mass is 16.6. The zero-order valence-electron chi connectivity index (χ0n) is 39.6. The first kappa shape index (κ1) is 56.9. The van der Waals surface area contributed by atoms with E-state index in [1.807, 2.05) is 0 Å². The van der Waals surface area contributed by atoms with Crippen molar-refractivity contribution in [2.75, 3.05) is 13.2 Å². The van der Waals surface area contributed by atoms with E-state index in [9.17, 15) is 14.7 Å². The molecular weight excluding hydrogens is 717 g/mol. The lowest BCUT2D eigenvalue weighted by atomic mass is 10.0. The van der Waals surface area contributed by atoms with Gasteiger partial charge in [0.2, 0.25) is 0 Å². The molecule has 0 radical (unpaired) electrons. The maximum Gasteiger partial charge on any atom is 0.306 e. The molecule has 5 heteroatoms. The third-order valence-electron chi connectivity index (χ3n) is 12.4. The number of carbonyl (C=O) groups is 2. The Morgan fingerprint density at radius 1 is 0.328 bits per heavy atom. The molecule has 0 aromatic heterocycles. The lowest BCUT2D eigenvalue weighted by molar-refractivity contribution is -0.161. The van der Waals surface area contributed by atoms with Crippen LogP contribution in [0.5, 0.6) is 0 Å². The molecule has 1 unspecified atom stereocenters. The molecule has 5 nitrogen and oxygen atoms in total. The molecule has 58 heavy (non-hydrogen) atoms. The first-order chi connectivity index (χ1) is 28.6. The third kappa shape index (κ3) is 47.6. The van der Waals surface area contributed by atoms with Crippen molar-refractivity contribution >= 4 is 11.9 Å². The van der Waals surface area contributed by atoms with Crippen molar-refractivity contribution in [3.05, 3.63) is 0 Å². The molecule has 346 valence electrons. The van der Waals surface area contributed by atoms with Crippen LogP contribution < -0.4 is 0 Å². The largest absolute Gasteiger partial charge is 0.462 e. The van der Waals surface area contributed by atoms with Gasteiger partial charge in [0.1, 0.15) is 6.61 Å². The molecule has 0 bridgehead atoms. The van der Waals surface area contributed by atoms with Crippen molar-refractivity contribution in [1.29, 1.82) is 0 Å². The van der Waals surface area contributed by atoms with Crippen LogP contribution >= 0.6 is 0 Å². The molecule has 0 aliphatic rings.